The molecule has 0 aromatic carbocycles. The summed E-state index contributed by atoms with van der Waals surface area (Å²) in [5.74, 6) is 1.66. The molecular weight excluding hydrogens is 196 g/mol. The molecule has 1 saturated heterocycles. The molecule has 2 heteroatoms. The molecule has 16 heavy (non-hydrogen) atoms. The molecule has 2 N–H and O–H groups in total. The summed E-state index contributed by atoms with van der Waals surface area (Å²) in [5, 5.41) is 0. The number of nitrogens with zero attached hydrogens (tertiary/aromatic N) is 1. The zero-order chi connectivity index (χ0) is 12.2. The molecular formula is C14H30N2. The Labute approximate surface area is 102 Å². The minimum absolute atomic E-state index is 0.244. The van der Waals surface area contributed by atoms with E-state index in [-0.39, 0.29) is 5.54 Å². The van der Waals surface area contributed by atoms with E-state index < -0.39 is 0 Å². The van der Waals surface area contributed by atoms with Crippen LogP contribution in [0.3, 0.4) is 0 Å². The molecule has 1 aliphatic rings. The minimum atomic E-state index is 0.244. The van der Waals surface area contributed by atoms with Crippen molar-refractivity contribution in [3.8, 4) is 0 Å². The lowest BCUT2D eigenvalue weighted by atomic mass is 9.92. The smallest absolute Gasteiger partial charge is 0.0303 e. The van der Waals surface area contributed by atoms with Crippen LogP contribution in [0, 0.1) is 11.8 Å². The van der Waals surface area contributed by atoms with Crippen LogP contribution in [0.1, 0.15) is 53.4 Å². The number of hydrogen-bond acceptors (Lipinski definition) is 2. The van der Waals surface area contributed by atoms with Gasteiger partial charge in [-0.05, 0) is 25.2 Å². The zero-order valence-corrected chi connectivity index (χ0v) is 11.6. The topological polar surface area (TPSA) is 29.3 Å². The summed E-state index contributed by atoms with van der Waals surface area (Å²) in [6, 6.07) is 0. The van der Waals surface area contributed by atoms with Gasteiger partial charge < -0.3 is 5.73 Å². The first kappa shape index (κ1) is 14.0. The monoisotopic (exact) mass is 226 g/mol. The minimum Gasteiger partial charge on any atom is -0.329 e. The average molecular weight is 226 g/mol. The fraction of sp³-hybridized carbons (Fsp3) is 1.00. The second-order valence-electron chi connectivity index (χ2n) is 6.02. The van der Waals surface area contributed by atoms with Crippen LogP contribution in [-0.4, -0.2) is 30.1 Å². The number of likely N-dealkylation sites (tertiary alicyclic amines) is 1. The van der Waals surface area contributed by atoms with Crippen LogP contribution in [0.4, 0.5) is 0 Å². The first-order valence-corrected chi connectivity index (χ1v) is 6.98. The Bertz CT molecular complexity index is 195. The van der Waals surface area contributed by atoms with Gasteiger partial charge in [-0.2, -0.15) is 0 Å². The quantitative estimate of drug-likeness (QED) is 0.706. The molecule has 1 heterocycles. The summed E-state index contributed by atoms with van der Waals surface area (Å²) in [5.41, 5.74) is 6.26. The third kappa shape index (κ3) is 3.21. The molecule has 0 amide bonds. The standard InChI is InChI=1S/C14H30N2/c1-5-6-7-8-14(4,11-15)16-9-12(2)13(3)10-16/h12-13H,5-11,15H2,1-4H3. The van der Waals surface area contributed by atoms with E-state index in [0.29, 0.717) is 0 Å². The van der Waals surface area contributed by atoms with Crippen molar-refractivity contribution in [2.24, 2.45) is 17.6 Å². The summed E-state index contributed by atoms with van der Waals surface area (Å²) in [7, 11) is 0. The maximum absolute atomic E-state index is 6.02. The fourth-order valence-corrected chi connectivity index (χ4v) is 2.72. The van der Waals surface area contributed by atoms with Gasteiger partial charge in [-0.3, -0.25) is 4.90 Å². The molecule has 0 aliphatic carbocycles. The number of nitrogens with two attached hydrogens (primary N) is 1. The molecule has 1 fully saturated rings. The van der Waals surface area contributed by atoms with Crippen molar-refractivity contribution in [3.05, 3.63) is 0 Å². The predicted octanol–water partition coefficient (Wildman–Crippen LogP) is 2.87. The van der Waals surface area contributed by atoms with Crippen LogP contribution in [-0.2, 0) is 0 Å². The Morgan fingerprint density at radius 2 is 1.75 bits per heavy atom. The lowest BCUT2D eigenvalue weighted by Gasteiger charge is -2.38. The van der Waals surface area contributed by atoms with Gasteiger partial charge in [-0.1, -0.05) is 40.0 Å². The van der Waals surface area contributed by atoms with Crippen molar-refractivity contribution in [1.29, 1.82) is 0 Å². The Balaban J connectivity index is 2.51. The summed E-state index contributed by atoms with van der Waals surface area (Å²) in [6.45, 7) is 12.6. The number of unbranched alkanes of at least 4 members (excludes halogenated alkanes) is 2. The molecule has 3 atom stereocenters. The molecule has 1 aliphatic heterocycles. The van der Waals surface area contributed by atoms with Crippen molar-refractivity contribution >= 4 is 0 Å². The third-order valence-electron chi connectivity index (χ3n) is 4.51. The van der Waals surface area contributed by atoms with Gasteiger partial charge in [0.1, 0.15) is 0 Å². The van der Waals surface area contributed by atoms with E-state index in [1.807, 2.05) is 0 Å². The molecule has 0 radical (unpaired) electrons. The van der Waals surface area contributed by atoms with Crippen molar-refractivity contribution < 1.29 is 0 Å². The van der Waals surface area contributed by atoms with Crippen LogP contribution in [0.2, 0.25) is 0 Å². The van der Waals surface area contributed by atoms with Crippen LogP contribution in [0.5, 0.6) is 0 Å². The molecule has 96 valence electrons. The Kier molecular flexibility index (Phi) is 5.26. The second-order valence-corrected chi connectivity index (χ2v) is 6.02. The van der Waals surface area contributed by atoms with Gasteiger partial charge in [0.25, 0.3) is 0 Å². The van der Waals surface area contributed by atoms with Crippen LogP contribution in [0.15, 0.2) is 0 Å². The Morgan fingerprint density at radius 3 is 2.19 bits per heavy atom. The molecule has 0 spiro atoms. The lowest BCUT2D eigenvalue weighted by Crippen LogP contribution is -2.50. The highest BCUT2D eigenvalue weighted by Crippen LogP contribution is 2.31. The first-order chi connectivity index (χ1) is 7.53. The van der Waals surface area contributed by atoms with Crippen LogP contribution in [0.25, 0.3) is 0 Å². The largest absolute Gasteiger partial charge is 0.329 e. The third-order valence-corrected chi connectivity index (χ3v) is 4.51. The van der Waals surface area contributed by atoms with Gasteiger partial charge in [0.15, 0.2) is 0 Å². The summed E-state index contributed by atoms with van der Waals surface area (Å²) >= 11 is 0. The molecule has 0 aromatic rings. The van der Waals surface area contributed by atoms with Gasteiger partial charge in [0.2, 0.25) is 0 Å². The molecule has 0 aromatic heterocycles. The summed E-state index contributed by atoms with van der Waals surface area (Å²) in [4.78, 5) is 2.64. The van der Waals surface area contributed by atoms with E-state index in [1.165, 1.54) is 38.8 Å². The lowest BCUT2D eigenvalue weighted by molar-refractivity contribution is 0.122. The maximum atomic E-state index is 6.02. The molecule has 3 unspecified atom stereocenters. The number of rotatable bonds is 6. The van der Waals surface area contributed by atoms with E-state index in [0.717, 1.165) is 18.4 Å². The van der Waals surface area contributed by atoms with Crippen molar-refractivity contribution in [2.45, 2.75) is 58.9 Å². The van der Waals surface area contributed by atoms with E-state index in [4.69, 9.17) is 5.73 Å². The van der Waals surface area contributed by atoms with E-state index >= 15 is 0 Å². The Hall–Kier alpha value is -0.0800. The SMILES string of the molecule is CCCCCC(C)(CN)N1CC(C)C(C)C1. The number of hydrogen-bond donors (Lipinski definition) is 1. The normalized spacial score (nSPS) is 30.6. The van der Waals surface area contributed by atoms with E-state index in [1.54, 1.807) is 0 Å². The first-order valence-electron chi connectivity index (χ1n) is 6.98. The summed E-state index contributed by atoms with van der Waals surface area (Å²) in [6.07, 6.45) is 5.22. The van der Waals surface area contributed by atoms with Crippen molar-refractivity contribution in [2.75, 3.05) is 19.6 Å². The van der Waals surface area contributed by atoms with Gasteiger partial charge in [0.05, 0.1) is 0 Å². The molecule has 2 nitrogen and oxygen atoms in total. The van der Waals surface area contributed by atoms with Gasteiger partial charge >= 0.3 is 0 Å². The molecule has 1 rings (SSSR count). The average Bonchev–Trinajstić information content (AvgIpc) is 2.60. The van der Waals surface area contributed by atoms with Gasteiger partial charge in [-0.15, -0.1) is 0 Å². The highest BCUT2D eigenvalue weighted by Gasteiger charge is 2.37. The van der Waals surface area contributed by atoms with E-state index in [9.17, 15) is 0 Å². The van der Waals surface area contributed by atoms with Crippen LogP contribution >= 0.6 is 0 Å². The van der Waals surface area contributed by atoms with E-state index in [2.05, 4.69) is 32.6 Å². The summed E-state index contributed by atoms with van der Waals surface area (Å²) < 4.78 is 0. The van der Waals surface area contributed by atoms with Crippen molar-refractivity contribution in [3.63, 3.8) is 0 Å². The highest BCUT2D eigenvalue weighted by molar-refractivity contribution is 4.93. The van der Waals surface area contributed by atoms with Gasteiger partial charge in [0, 0.05) is 25.2 Å². The fourth-order valence-electron chi connectivity index (χ4n) is 2.72. The zero-order valence-electron chi connectivity index (χ0n) is 11.6. The predicted molar refractivity (Wildman–Crippen MR) is 71.5 cm³/mol. The van der Waals surface area contributed by atoms with Crippen molar-refractivity contribution in [1.82, 2.24) is 4.90 Å². The Morgan fingerprint density at radius 1 is 1.19 bits per heavy atom. The molecule has 0 bridgehead atoms. The maximum Gasteiger partial charge on any atom is 0.0303 e. The molecule has 0 saturated carbocycles. The van der Waals surface area contributed by atoms with Gasteiger partial charge in [-0.25, -0.2) is 0 Å². The second kappa shape index (κ2) is 6.02. The van der Waals surface area contributed by atoms with Crippen LogP contribution < -0.4 is 5.73 Å². The highest BCUT2D eigenvalue weighted by atomic mass is 15.2.